The molecule has 1 amide bonds. The summed E-state index contributed by atoms with van der Waals surface area (Å²) in [5.41, 5.74) is 6.28. The second-order valence-electron chi connectivity index (χ2n) is 5.47. The summed E-state index contributed by atoms with van der Waals surface area (Å²) in [7, 11) is 0. The first kappa shape index (κ1) is 16.0. The molecule has 6 nitrogen and oxygen atoms in total. The molecule has 0 unspecified atom stereocenters. The fraction of sp³-hybridized carbons (Fsp3) is 0.429. The maximum atomic E-state index is 11.4. The van der Waals surface area contributed by atoms with Gasteiger partial charge in [-0.15, -0.1) is 0 Å². The predicted molar refractivity (Wildman–Crippen MR) is 74.7 cm³/mol. The summed E-state index contributed by atoms with van der Waals surface area (Å²) in [6.07, 6.45) is 0.534. The predicted octanol–water partition coefficient (Wildman–Crippen LogP) is 1.45. The molecule has 0 aromatic heterocycles. The van der Waals surface area contributed by atoms with E-state index < -0.39 is 17.6 Å². The molecule has 0 aliphatic rings. The Labute approximate surface area is 118 Å². The summed E-state index contributed by atoms with van der Waals surface area (Å²) < 4.78 is 0. The first-order valence-electron chi connectivity index (χ1n) is 6.23. The first-order valence-corrected chi connectivity index (χ1v) is 6.23. The van der Waals surface area contributed by atoms with Crippen molar-refractivity contribution >= 4 is 18.1 Å². The van der Waals surface area contributed by atoms with Crippen molar-refractivity contribution in [1.82, 2.24) is 5.06 Å². The van der Waals surface area contributed by atoms with E-state index in [9.17, 15) is 14.7 Å². The maximum Gasteiger partial charge on any atom is 0.329 e. The molecule has 0 bridgehead atoms. The number of aliphatic carboxylic acids is 1. The summed E-state index contributed by atoms with van der Waals surface area (Å²) >= 11 is 0. The van der Waals surface area contributed by atoms with Crippen LogP contribution in [0.3, 0.4) is 0 Å². The Balaban J connectivity index is 2.89. The minimum absolute atomic E-state index is 0.143. The lowest BCUT2D eigenvalue weighted by molar-refractivity contribution is -0.234. The van der Waals surface area contributed by atoms with Gasteiger partial charge in [0.1, 0.15) is 0 Å². The Bertz CT molecular complexity index is 465. The van der Waals surface area contributed by atoms with Gasteiger partial charge in [0, 0.05) is 12.1 Å². The van der Waals surface area contributed by atoms with Crippen molar-refractivity contribution in [2.45, 2.75) is 38.8 Å². The fourth-order valence-corrected chi connectivity index (χ4v) is 1.64. The molecule has 0 saturated carbocycles. The van der Waals surface area contributed by atoms with Crippen molar-refractivity contribution in [3.63, 3.8) is 0 Å². The van der Waals surface area contributed by atoms with Gasteiger partial charge in [-0.2, -0.15) is 0 Å². The number of hydroxylamine groups is 2. The number of hydrogen-bond donors (Lipinski definition) is 2. The monoisotopic (exact) mass is 280 g/mol. The van der Waals surface area contributed by atoms with E-state index in [1.165, 1.54) is 0 Å². The van der Waals surface area contributed by atoms with Crippen molar-refractivity contribution < 1.29 is 19.5 Å². The van der Waals surface area contributed by atoms with Crippen LogP contribution in [0, 0.1) is 0 Å². The zero-order chi connectivity index (χ0) is 15.3. The molecule has 1 aromatic rings. The smallest absolute Gasteiger partial charge is 0.329 e. The second-order valence-corrected chi connectivity index (χ2v) is 5.47. The molecular weight excluding hydrogens is 260 g/mol. The maximum absolute atomic E-state index is 11.4. The zero-order valence-corrected chi connectivity index (χ0v) is 11.9. The highest BCUT2D eigenvalue weighted by atomic mass is 16.7. The van der Waals surface area contributed by atoms with Crippen LogP contribution in [0.15, 0.2) is 24.3 Å². The molecule has 0 saturated heterocycles. The summed E-state index contributed by atoms with van der Waals surface area (Å²) in [6.45, 7) is 5.23. The molecule has 0 fully saturated rings. The number of nitrogen functional groups attached to an aromatic ring is 1. The van der Waals surface area contributed by atoms with Crippen LogP contribution in [0.2, 0.25) is 0 Å². The van der Waals surface area contributed by atoms with E-state index in [2.05, 4.69) is 0 Å². The molecule has 1 atom stereocenters. The van der Waals surface area contributed by atoms with E-state index in [4.69, 9.17) is 10.6 Å². The number of nitrogens with zero attached hydrogens (tertiary/aromatic N) is 1. The number of carbonyl (C=O) groups excluding carboxylic acids is 1. The molecule has 1 rings (SSSR count). The van der Waals surface area contributed by atoms with Crippen molar-refractivity contribution in [3.8, 4) is 0 Å². The average molecular weight is 280 g/mol. The van der Waals surface area contributed by atoms with Crippen LogP contribution in [-0.4, -0.2) is 34.2 Å². The van der Waals surface area contributed by atoms with Gasteiger partial charge in [0.15, 0.2) is 6.04 Å². The molecule has 0 radical (unpaired) electrons. The van der Waals surface area contributed by atoms with Crippen LogP contribution in [-0.2, 0) is 20.8 Å². The van der Waals surface area contributed by atoms with Crippen LogP contribution < -0.4 is 5.73 Å². The van der Waals surface area contributed by atoms with E-state index in [-0.39, 0.29) is 6.42 Å². The van der Waals surface area contributed by atoms with E-state index in [1.54, 1.807) is 45.0 Å². The summed E-state index contributed by atoms with van der Waals surface area (Å²) in [4.78, 5) is 27.8. The van der Waals surface area contributed by atoms with Crippen LogP contribution >= 0.6 is 0 Å². The fourth-order valence-electron chi connectivity index (χ4n) is 1.64. The van der Waals surface area contributed by atoms with E-state index in [1.807, 2.05) is 0 Å². The van der Waals surface area contributed by atoms with Gasteiger partial charge in [-0.25, -0.2) is 9.86 Å². The quantitative estimate of drug-likeness (QED) is 0.467. The Morgan fingerprint density at radius 1 is 1.40 bits per heavy atom. The highest BCUT2D eigenvalue weighted by molar-refractivity contribution is 5.76. The Hall–Kier alpha value is -2.08. The topological polar surface area (TPSA) is 92.9 Å². The van der Waals surface area contributed by atoms with Gasteiger partial charge in [-0.05, 0) is 38.5 Å². The molecule has 6 heteroatoms. The van der Waals surface area contributed by atoms with Crippen molar-refractivity contribution in [2.24, 2.45) is 0 Å². The van der Waals surface area contributed by atoms with E-state index in [0.29, 0.717) is 12.1 Å². The molecular formula is C14H20N2O4. The summed E-state index contributed by atoms with van der Waals surface area (Å²) in [5, 5.41) is 10.1. The third-order valence-electron chi connectivity index (χ3n) is 2.48. The summed E-state index contributed by atoms with van der Waals surface area (Å²) in [5.74, 6) is -1.13. The van der Waals surface area contributed by atoms with Crippen LogP contribution in [0.25, 0.3) is 0 Å². The third kappa shape index (κ3) is 4.89. The number of amides is 1. The Morgan fingerprint density at radius 3 is 2.35 bits per heavy atom. The molecule has 0 aliphatic carbocycles. The second kappa shape index (κ2) is 6.38. The van der Waals surface area contributed by atoms with Gasteiger partial charge in [-0.1, -0.05) is 12.1 Å². The lowest BCUT2D eigenvalue weighted by Gasteiger charge is -2.30. The van der Waals surface area contributed by atoms with Gasteiger partial charge in [0.25, 0.3) is 0 Å². The van der Waals surface area contributed by atoms with Crippen molar-refractivity contribution in [1.29, 1.82) is 0 Å². The molecule has 20 heavy (non-hydrogen) atoms. The van der Waals surface area contributed by atoms with Gasteiger partial charge in [-0.3, -0.25) is 9.63 Å². The number of carboxylic acid groups (broad SMARTS) is 1. The number of anilines is 1. The Morgan fingerprint density at radius 2 is 1.95 bits per heavy atom. The zero-order valence-electron chi connectivity index (χ0n) is 11.9. The average Bonchev–Trinajstić information content (AvgIpc) is 2.34. The highest BCUT2D eigenvalue weighted by Gasteiger charge is 2.29. The SMILES string of the molecule is CC(C)(C)ON(C=O)[C@@H](Cc1ccc(N)cc1)C(=O)O. The van der Waals surface area contributed by atoms with Crippen LogP contribution in [0.4, 0.5) is 5.69 Å². The number of hydrogen-bond acceptors (Lipinski definition) is 4. The largest absolute Gasteiger partial charge is 0.480 e. The number of carbonyl (C=O) groups is 2. The number of carboxylic acids is 1. The molecule has 110 valence electrons. The van der Waals surface area contributed by atoms with E-state index in [0.717, 1.165) is 10.6 Å². The van der Waals surface area contributed by atoms with Gasteiger partial charge in [0.2, 0.25) is 6.41 Å². The third-order valence-corrected chi connectivity index (χ3v) is 2.48. The minimum Gasteiger partial charge on any atom is -0.480 e. The lowest BCUT2D eigenvalue weighted by atomic mass is 10.1. The molecule has 0 aliphatic heterocycles. The number of benzene rings is 1. The molecule has 0 heterocycles. The number of nitrogens with two attached hydrogens (primary N) is 1. The Kier molecular flexibility index (Phi) is 5.10. The summed E-state index contributed by atoms with van der Waals surface area (Å²) in [6, 6.07) is 5.74. The standard InChI is InChI=1S/C14H20N2O4/c1-14(2,3)20-16(9-17)12(13(18)19)8-10-4-6-11(15)7-5-10/h4-7,9,12H,8,15H2,1-3H3,(H,18,19)/t12-/m0/s1. The normalized spacial score (nSPS) is 12.8. The first-order chi connectivity index (χ1) is 9.23. The van der Waals surface area contributed by atoms with E-state index >= 15 is 0 Å². The molecule has 1 aromatic carbocycles. The van der Waals surface area contributed by atoms with Crippen LogP contribution in [0.5, 0.6) is 0 Å². The lowest BCUT2D eigenvalue weighted by Crippen LogP contribution is -2.45. The molecule has 0 spiro atoms. The molecule has 3 N–H and O–H groups in total. The highest BCUT2D eigenvalue weighted by Crippen LogP contribution is 2.16. The van der Waals surface area contributed by atoms with Crippen molar-refractivity contribution in [2.75, 3.05) is 5.73 Å². The van der Waals surface area contributed by atoms with Gasteiger partial charge in [0.05, 0.1) is 5.60 Å². The van der Waals surface area contributed by atoms with Gasteiger partial charge < -0.3 is 10.8 Å². The van der Waals surface area contributed by atoms with Crippen molar-refractivity contribution in [3.05, 3.63) is 29.8 Å². The van der Waals surface area contributed by atoms with Gasteiger partial charge >= 0.3 is 5.97 Å². The van der Waals surface area contributed by atoms with Crippen LogP contribution in [0.1, 0.15) is 26.3 Å². The minimum atomic E-state index is -1.13. The number of rotatable bonds is 6.